The predicted octanol–water partition coefficient (Wildman–Crippen LogP) is 1.15. The lowest BCUT2D eigenvalue weighted by molar-refractivity contribution is -0.159. The molecule has 0 unspecified atom stereocenters. The number of aryl methyl sites for hydroxylation is 1. The lowest BCUT2D eigenvalue weighted by Gasteiger charge is -2.26. The Morgan fingerprint density at radius 3 is 2.18 bits per heavy atom. The van der Waals surface area contributed by atoms with Crippen LogP contribution in [-0.2, 0) is 9.59 Å². The number of thioether (sulfide) groups is 1. The number of carboxylic acids is 2. The molecule has 22 heavy (non-hydrogen) atoms. The number of piperazine rings is 1. The molecule has 1 fully saturated rings. The number of nitrogens with one attached hydrogen (secondary N) is 1. The van der Waals surface area contributed by atoms with Crippen LogP contribution in [0, 0.1) is 6.92 Å². The first-order valence-corrected chi connectivity index (χ1v) is 8.06. The first-order chi connectivity index (χ1) is 10.5. The van der Waals surface area contributed by atoms with Crippen molar-refractivity contribution < 1.29 is 19.8 Å². The van der Waals surface area contributed by atoms with Gasteiger partial charge in [0.25, 0.3) is 0 Å². The molecule has 0 amide bonds. The second kappa shape index (κ2) is 10.2. The molecule has 0 aromatic heterocycles. The molecule has 1 aliphatic heterocycles. The molecule has 0 atom stereocenters. The van der Waals surface area contributed by atoms with Crippen LogP contribution in [0.25, 0.3) is 0 Å². The Hall–Kier alpha value is -1.57. The van der Waals surface area contributed by atoms with E-state index in [1.807, 2.05) is 11.8 Å². The zero-order valence-electron chi connectivity index (χ0n) is 12.6. The highest BCUT2D eigenvalue weighted by molar-refractivity contribution is 7.99. The van der Waals surface area contributed by atoms with Gasteiger partial charge in [-0.05, 0) is 19.1 Å². The van der Waals surface area contributed by atoms with Gasteiger partial charge in [-0.25, -0.2) is 9.59 Å². The van der Waals surface area contributed by atoms with E-state index in [2.05, 4.69) is 41.4 Å². The van der Waals surface area contributed by atoms with E-state index in [0.29, 0.717) is 0 Å². The van der Waals surface area contributed by atoms with Crippen molar-refractivity contribution in [3.63, 3.8) is 0 Å². The van der Waals surface area contributed by atoms with Crippen LogP contribution in [0.3, 0.4) is 0 Å². The third-order valence-corrected chi connectivity index (χ3v) is 4.08. The monoisotopic (exact) mass is 326 g/mol. The smallest absolute Gasteiger partial charge is 0.414 e. The summed E-state index contributed by atoms with van der Waals surface area (Å²) >= 11 is 1.96. The van der Waals surface area contributed by atoms with Crippen LogP contribution in [-0.4, -0.2) is 65.5 Å². The topological polar surface area (TPSA) is 89.9 Å². The third kappa shape index (κ3) is 8.02. The predicted molar refractivity (Wildman–Crippen MR) is 86.5 cm³/mol. The van der Waals surface area contributed by atoms with Crippen molar-refractivity contribution in [3.8, 4) is 0 Å². The molecule has 1 aromatic rings. The van der Waals surface area contributed by atoms with Crippen molar-refractivity contribution in [2.24, 2.45) is 0 Å². The SMILES string of the molecule is Cc1ccc(SCCN2CCNCC2)cc1.O=C(O)C(=O)O. The van der Waals surface area contributed by atoms with Gasteiger partial charge in [0.05, 0.1) is 0 Å². The van der Waals surface area contributed by atoms with Crippen molar-refractivity contribution in [2.75, 3.05) is 38.5 Å². The number of hydrogen-bond acceptors (Lipinski definition) is 5. The van der Waals surface area contributed by atoms with E-state index in [9.17, 15) is 0 Å². The quantitative estimate of drug-likeness (QED) is 0.565. The Labute approximate surface area is 134 Å². The summed E-state index contributed by atoms with van der Waals surface area (Å²) < 4.78 is 0. The van der Waals surface area contributed by atoms with Gasteiger partial charge in [-0.15, -0.1) is 11.8 Å². The molecule has 0 aliphatic carbocycles. The summed E-state index contributed by atoms with van der Waals surface area (Å²) in [6.07, 6.45) is 0. The lowest BCUT2D eigenvalue weighted by Crippen LogP contribution is -2.44. The van der Waals surface area contributed by atoms with Crippen LogP contribution >= 0.6 is 11.8 Å². The molecule has 1 aromatic carbocycles. The van der Waals surface area contributed by atoms with Gasteiger partial charge in [-0.3, -0.25) is 4.90 Å². The normalized spacial score (nSPS) is 14.8. The molecule has 0 saturated carbocycles. The zero-order chi connectivity index (χ0) is 16.4. The standard InChI is InChI=1S/C13H20N2S.C2H2O4/c1-12-2-4-13(5-3-12)16-11-10-15-8-6-14-7-9-15;3-1(4)2(5)6/h2-5,14H,6-11H2,1H3;(H,3,4)(H,5,6). The van der Waals surface area contributed by atoms with Gasteiger partial charge in [0.15, 0.2) is 0 Å². The summed E-state index contributed by atoms with van der Waals surface area (Å²) in [6.45, 7) is 8.04. The van der Waals surface area contributed by atoms with Crippen molar-refractivity contribution in [2.45, 2.75) is 11.8 Å². The fraction of sp³-hybridized carbons (Fsp3) is 0.467. The van der Waals surface area contributed by atoms with Crippen molar-refractivity contribution >= 4 is 23.7 Å². The number of rotatable bonds is 4. The van der Waals surface area contributed by atoms with Crippen LogP contribution in [0.5, 0.6) is 0 Å². The van der Waals surface area contributed by atoms with Crippen LogP contribution in [0.4, 0.5) is 0 Å². The Morgan fingerprint density at radius 1 is 1.14 bits per heavy atom. The molecule has 122 valence electrons. The van der Waals surface area contributed by atoms with Crippen LogP contribution in [0.1, 0.15) is 5.56 Å². The van der Waals surface area contributed by atoms with Gasteiger partial charge in [0.1, 0.15) is 0 Å². The largest absolute Gasteiger partial charge is 0.473 e. The number of nitrogens with zero attached hydrogens (tertiary/aromatic N) is 1. The van der Waals surface area contributed by atoms with Crippen molar-refractivity contribution in [3.05, 3.63) is 29.8 Å². The highest BCUT2D eigenvalue weighted by atomic mass is 32.2. The van der Waals surface area contributed by atoms with Crippen LogP contribution < -0.4 is 5.32 Å². The summed E-state index contributed by atoms with van der Waals surface area (Å²) in [4.78, 5) is 22.1. The molecule has 0 spiro atoms. The average molecular weight is 326 g/mol. The van der Waals surface area contributed by atoms with E-state index >= 15 is 0 Å². The minimum Gasteiger partial charge on any atom is -0.473 e. The van der Waals surface area contributed by atoms with E-state index in [1.165, 1.54) is 35.8 Å². The Balaban J connectivity index is 0.000000346. The maximum absolute atomic E-state index is 9.10. The highest BCUT2D eigenvalue weighted by Crippen LogP contribution is 2.18. The van der Waals surface area contributed by atoms with E-state index in [1.54, 1.807) is 0 Å². The molecular formula is C15H22N2O4S. The Bertz CT molecular complexity index is 461. The van der Waals surface area contributed by atoms with Gasteiger partial charge < -0.3 is 15.5 Å². The molecule has 3 N–H and O–H groups in total. The molecule has 1 saturated heterocycles. The minimum absolute atomic E-state index is 1.15. The maximum Gasteiger partial charge on any atom is 0.414 e. The second-order valence-electron chi connectivity index (χ2n) is 4.86. The lowest BCUT2D eigenvalue weighted by atomic mass is 10.2. The number of aliphatic carboxylic acids is 2. The zero-order valence-corrected chi connectivity index (χ0v) is 13.4. The number of benzene rings is 1. The second-order valence-corrected chi connectivity index (χ2v) is 6.03. The summed E-state index contributed by atoms with van der Waals surface area (Å²) in [6, 6.07) is 8.82. The molecule has 0 radical (unpaired) electrons. The maximum atomic E-state index is 9.10. The Morgan fingerprint density at radius 2 is 1.68 bits per heavy atom. The first-order valence-electron chi connectivity index (χ1n) is 7.08. The summed E-state index contributed by atoms with van der Waals surface area (Å²) in [5, 5.41) is 18.2. The number of carbonyl (C=O) groups is 2. The van der Waals surface area contributed by atoms with Crippen molar-refractivity contribution in [1.82, 2.24) is 10.2 Å². The number of hydrogen-bond donors (Lipinski definition) is 3. The molecule has 6 nitrogen and oxygen atoms in total. The molecule has 1 aliphatic rings. The Kier molecular flexibility index (Phi) is 8.57. The average Bonchev–Trinajstić information content (AvgIpc) is 2.51. The van der Waals surface area contributed by atoms with E-state index < -0.39 is 11.9 Å². The fourth-order valence-corrected chi connectivity index (χ4v) is 2.78. The number of carboxylic acid groups (broad SMARTS) is 2. The van der Waals surface area contributed by atoms with Gasteiger partial charge in [-0.2, -0.15) is 0 Å². The fourth-order valence-electron chi connectivity index (χ4n) is 1.86. The first kappa shape index (κ1) is 18.5. The highest BCUT2D eigenvalue weighted by Gasteiger charge is 2.08. The van der Waals surface area contributed by atoms with Gasteiger partial charge in [-0.1, -0.05) is 17.7 Å². The van der Waals surface area contributed by atoms with Crippen LogP contribution in [0.2, 0.25) is 0 Å². The van der Waals surface area contributed by atoms with E-state index in [0.717, 1.165) is 13.1 Å². The van der Waals surface area contributed by atoms with E-state index in [-0.39, 0.29) is 0 Å². The van der Waals surface area contributed by atoms with Gasteiger partial charge >= 0.3 is 11.9 Å². The van der Waals surface area contributed by atoms with Gasteiger partial charge in [0, 0.05) is 43.4 Å². The molecular weight excluding hydrogens is 304 g/mol. The van der Waals surface area contributed by atoms with Crippen molar-refractivity contribution in [1.29, 1.82) is 0 Å². The van der Waals surface area contributed by atoms with E-state index in [4.69, 9.17) is 19.8 Å². The molecule has 0 bridgehead atoms. The summed E-state index contributed by atoms with van der Waals surface area (Å²) in [5.74, 6) is -2.45. The summed E-state index contributed by atoms with van der Waals surface area (Å²) in [7, 11) is 0. The third-order valence-electron chi connectivity index (χ3n) is 3.09. The van der Waals surface area contributed by atoms with Crippen LogP contribution in [0.15, 0.2) is 29.2 Å². The molecule has 2 rings (SSSR count). The molecule has 7 heteroatoms. The molecule has 1 heterocycles. The van der Waals surface area contributed by atoms with Gasteiger partial charge in [0.2, 0.25) is 0 Å². The summed E-state index contributed by atoms with van der Waals surface area (Å²) in [5.41, 5.74) is 1.34. The minimum atomic E-state index is -1.82.